The summed E-state index contributed by atoms with van der Waals surface area (Å²) in [6, 6.07) is 11.9. The van der Waals surface area contributed by atoms with Gasteiger partial charge in [0.1, 0.15) is 0 Å². The molecule has 0 spiro atoms. The van der Waals surface area contributed by atoms with Gasteiger partial charge in [0.15, 0.2) is 5.37 Å². The van der Waals surface area contributed by atoms with Crippen molar-refractivity contribution in [1.29, 1.82) is 0 Å². The van der Waals surface area contributed by atoms with Crippen LogP contribution < -0.4 is 5.32 Å². The van der Waals surface area contributed by atoms with Crippen LogP contribution in [-0.2, 0) is 10.1 Å². The average Bonchev–Trinajstić information content (AvgIpc) is 2.37. The molecular weight excluding hydrogens is 252 g/mol. The Balaban J connectivity index is 2.34. The average molecular weight is 264 g/mol. The molecule has 0 fully saturated rings. The normalized spacial score (nSPS) is 12.9. The van der Waals surface area contributed by atoms with Crippen LogP contribution in [0.1, 0.15) is 10.9 Å². The van der Waals surface area contributed by atoms with Crippen molar-refractivity contribution in [3.8, 4) is 0 Å². The molecule has 2 N–H and O–H groups in total. The quantitative estimate of drug-likeness (QED) is 0.826. The van der Waals surface area contributed by atoms with E-state index in [-0.39, 0.29) is 0 Å². The summed E-state index contributed by atoms with van der Waals surface area (Å²) < 4.78 is 32.1. The molecule has 1 atom stereocenters. The molecule has 0 bridgehead atoms. The Morgan fingerprint density at radius 2 is 1.67 bits per heavy atom. The van der Waals surface area contributed by atoms with E-state index in [9.17, 15) is 13.0 Å². The highest BCUT2D eigenvalue weighted by Crippen LogP contribution is 2.23. The van der Waals surface area contributed by atoms with E-state index >= 15 is 0 Å². The zero-order valence-corrected chi connectivity index (χ0v) is 10.2. The molecule has 0 amide bonds. The minimum absolute atomic E-state index is 0.427. The Morgan fingerprint density at radius 1 is 1.06 bits per heavy atom. The Morgan fingerprint density at radius 3 is 2.22 bits per heavy atom. The Labute approximate surface area is 105 Å². The van der Waals surface area contributed by atoms with Crippen LogP contribution in [0.15, 0.2) is 54.9 Å². The molecule has 0 aliphatic heterocycles. The van der Waals surface area contributed by atoms with Gasteiger partial charge in [-0.15, -0.1) is 0 Å². The summed E-state index contributed by atoms with van der Waals surface area (Å²) in [5.74, 6) is 0. The Kier molecular flexibility index (Phi) is 3.59. The van der Waals surface area contributed by atoms with Gasteiger partial charge in [-0.2, -0.15) is 8.42 Å². The first-order valence-electron chi connectivity index (χ1n) is 5.25. The van der Waals surface area contributed by atoms with E-state index in [0.717, 1.165) is 0 Å². The van der Waals surface area contributed by atoms with Crippen molar-refractivity contribution >= 4 is 15.8 Å². The summed E-state index contributed by atoms with van der Waals surface area (Å²) in [4.78, 5) is 3.81. The zero-order valence-electron chi connectivity index (χ0n) is 9.39. The van der Waals surface area contributed by atoms with Gasteiger partial charge in [-0.3, -0.25) is 9.54 Å². The highest BCUT2D eigenvalue weighted by molar-refractivity contribution is 7.86. The van der Waals surface area contributed by atoms with Gasteiger partial charge in [0.25, 0.3) is 10.1 Å². The molecule has 2 rings (SSSR count). The second-order valence-corrected chi connectivity index (χ2v) is 5.19. The second-order valence-electron chi connectivity index (χ2n) is 3.69. The van der Waals surface area contributed by atoms with Crippen LogP contribution in [0.4, 0.5) is 5.69 Å². The SMILES string of the molecule is O=S(=O)(O)C(Nc1ccccc1)c1ccncc1. The number of hydrogen-bond acceptors (Lipinski definition) is 4. The van der Waals surface area contributed by atoms with Crippen LogP contribution in [-0.4, -0.2) is 18.0 Å². The smallest absolute Gasteiger partial charge is 0.290 e. The maximum Gasteiger partial charge on any atom is 0.290 e. The molecule has 18 heavy (non-hydrogen) atoms. The van der Waals surface area contributed by atoms with Gasteiger partial charge in [0.2, 0.25) is 0 Å². The molecule has 0 radical (unpaired) electrons. The van der Waals surface area contributed by atoms with E-state index in [2.05, 4.69) is 10.3 Å². The van der Waals surface area contributed by atoms with Gasteiger partial charge in [-0.25, -0.2) is 0 Å². The van der Waals surface area contributed by atoms with Gasteiger partial charge in [-0.05, 0) is 29.8 Å². The van der Waals surface area contributed by atoms with Crippen molar-refractivity contribution in [2.45, 2.75) is 5.37 Å². The molecule has 1 unspecified atom stereocenters. The van der Waals surface area contributed by atoms with E-state index in [0.29, 0.717) is 11.3 Å². The largest absolute Gasteiger partial charge is 0.363 e. The number of nitrogens with zero attached hydrogens (tertiary/aromatic N) is 1. The molecule has 0 aliphatic rings. The fourth-order valence-corrected chi connectivity index (χ4v) is 2.34. The van der Waals surface area contributed by atoms with Gasteiger partial charge in [-0.1, -0.05) is 18.2 Å². The van der Waals surface area contributed by atoms with Gasteiger partial charge in [0, 0.05) is 18.1 Å². The van der Waals surface area contributed by atoms with Crippen LogP contribution in [0.2, 0.25) is 0 Å². The molecule has 6 heteroatoms. The lowest BCUT2D eigenvalue weighted by Crippen LogP contribution is -2.20. The standard InChI is InChI=1S/C12H12N2O3S/c15-18(16,17)12(10-6-8-13-9-7-10)14-11-4-2-1-3-5-11/h1-9,12,14H,(H,15,16,17). The van der Waals surface area contributed by atoms with E-state index < -0.39 is 15.5 Å². The minimum atomic E-state index is -4.26. The predicted molar refractivity (Wildman–Crippen MR) is 68.6 cm³/mol. The maximum atomic E-state index is 11.4. The summed E-state index contributed by atoms with van der Waals surface area (Å²) >= 11 is 0. The number of anilines is 1. The Hall–Kier alpha value is -1.92. The lowest BCUT2D eigenvalue weighted by atomic mass is 10.2. The van der Waals surface area contributed by atoms with Crippen LogP contribution in [0.5, 0.6) is 0 Å². The van der Waals surface area contributed by atoms with Crippen molar-refractivity contribution in [3.63, 3.8) is 0 Å². The maximum absolute atomic E-state index is 11.4. The molecule has 0 saturated heterocycles. The van der Waals surface area contributed by atoms with Crippen molar-refractivity contribution in [1.82, 2.24) is 4.98 Å². The third kappa shape index (κ3) is 3.06. The lowest BCUT2D eigenvalue weighted by Gasteiger charge is -2.17. The number of benzene rings is 1. The third-order valence-corrected chi connectivity index (χ3v) is 3.36. The van der Waals surface area contributed by atoms with Crippen molar-refractivity contribution < 1.29 is 13.0 Å². The number of nitrogens with one attached hydrogen (secondary N) is 1. The lowest BCUT2D eigenvalue weighted by molar-refractivity contribution is 0.473. The molecule has 1 heterocycles. The number of para-hydroxylation sites is 1. The topological polar surface area (TPSA) is 79.3 Å². The zero-order chi connectivity index (χ0) is 13.0. The predicted octanol–water partition coefficient (Wildman–Crippen LogP) is 2.08. The summed E-state index contributed by atoms with van der Waals surface area (Å²) in [5, 5.41) is 1.56. The number of pyridine rings is 1. The molecule has 94 valence electrons. The molecular formula is C12H12N2O3S. The van der Waals surface area contributed by atoms with E-state index in [1.165, 1.54) is 24.5 Å². The second kappa shape index (κ2) is 5.16. The Bertz CT molecular complexity index is 600. The highest BCUT2D eigenvalue weighted by Gasteiger charge is 2.24. The third-order valence-electron chi connectivity index (χ3n) is 2.38. The fourth-order valence-electron chi connectivity index (χ4n) is 1.55. The number of aromatic nitrogens is 1. The monoisotopic (exact) mass is 264 g/mol. The highest BCUT2D eigenvalue weighted by atomic mass is 32.2. The van der Waals surface area contributed by atoms with E-state index in [1.54, 1.807) is 24.3 Å². The van der Waals surface area contributed by atoms with Crippen LogP contribution in [0.25, 0.3) is 0 Å². The van der Waals surface area contributed by atoms with Crippen LogP contribution >= 0.6 is 0 Å². The molecule has 1 aromatic heterocycles. The summed E-state index contributed by atoms with van der Waals surface area (Å²) in [5.41, 5.74) is 1.04. The van der Waals surface area contributed by atoms with Crippen LogP contribution in [0, 0.1) is 0 Å². The minimum Gasteiger partial charge on any atom is -0.363 e. The molecule has 5 nitrogen and oxygen atoms in total. The van der Waals surface area contributed by atoms with Crippen LogP contribution in [0.3, 0.4) is 0 Å². The summed E-state index contributed by atoms with van der Waals surface area (Å²) in [6.45, 7) is 0. The molecule has 0 saturated carbocycles. The summed E-state index contributed by atoms with van der Waals surface area (Å²) in [7, 11) is -4.26. The molecule has 0 aliphatic carbocycles. The van der Waals surface area contributed by atoms with E-state index in [4.69, 9.17) is 0 Å². The van der Waals surface area contributed by atoms with Crippen molar-refractivity contribution in [3.05, 3.63) is 60.4 Å². The first-order chi connectivity index (χ1) is 8.57. The first kappa shape index (κ1) is 12.5. The number of hydrogen-bond donors (Lipinski definition) is 2. The van der Waals surface area contributed by atoms with Crippen molar-refractivity contribution in [2.75, 3.05) is 5.32 Å². The van der Waals surface area contributed by atoms with Gasteiger partial charge in [0.05, 0.1) is 0 Å². The van der Waals surface area contributed by atoms with Gasteiger partial charge >= 0.3 is 0 Å². The molecule has 1 aromatic carbocycles. The van der Waals surface area contributed by atoms with E-state index in [1.807, 2.05) is 6.07 Å². The van der Waals surface area contributed by atoms with Gasteiger partial charge < -0.3 is 5.32 Å². The summed E-state index contributed by atoms with van der Waals surface area (Å²) in [6.07, 6.45) is 2.94. The molecule has 2 aromatic rings. The fraction of sp³-hybridized carbons (Fsp3) is 0.0833. The first-order valence-corrected chi connectivity index (χ1v) is 6.75. The number of rotatable bonds is 4. The van der Waals surface area contributed by atoms with Crippen molar-refractivity contribution in [2.24, 2.45) is 0 Å².